The molecule has 5 nitrogen and oxygen atoms in total. The topological polar surface area (TPSA) is 64.0 Å². The maximum absolute atomic E-state index is 12.6. The summed E-state index contributed by atoms with van der Waals surface area (Å²) < 4.78 is 1.66. The van der Waals surface area contributed by atoms with Crippen LogP contribution in [0.3, 0.4) is 0 Å². The smallest absolute Gasteiger partial charge is 0.259 e. The molecule has 6 heteroatoms. The van der Waals surface area contributed by atoms with Crippen LogP contribution in [0.4, 0.5) is 5.69 Å². The van der Waals surface area contributed by atoms with Crippen molar-refractivity contribution < 1.29 is 9.59 Å². The molecule has 0 spiro atoms. The normalized spacial score (nSPS) is 10.5. The average Bonchev–Trinajstić information content (AvgIpc) is 2.96. The van der Waals surface area contributed by atoms with Crippen LogP contribution >= 0.6 is 11.6 Å². The standard InChI is InChI=1S/C19H16ClN3O2/c1-12-18(11-21-23(12)17-8-4-6-15(20)10-17)19(25)22-16-7-3-5-14(9-16)13(2)24/h3-11H,1-2H3,(H,22,25). The van der Waals surface area contributed by atoms with E-state index in [1.54, 1.807) is 41.1 Å². The van der Waals surface area contributed by atoms with Gasteiger partial charge >= 0.3 is 0 Å². The third kappa shape index (κ3) is 3.61. The second-order valence-corrected chi connectivity index (χ2v) is 6.06. The summed E-state index contributed by atoms with van der Waals surface area (Å²) in [6.45, 7) is 3.30. The molecule has 3 rings (SSSR count). The van der Waals surface area contributed by atoms with E-state index in [2.05, 4.69) is 10.4 Å². The molecule has 0 unspecified atom stereocenters. The van der Waals surface area contributed by atoms with Crippen LogP contribution < -0.4 is 5.32 Å². The number of amides is 1. The first kappa shape index (κ1) is 16.9. The lowest BCUT2D eigenvalue weighted by molar-refractivity contribution is 0.101. The Morgan fingerprint density at radius 2 is 1.88 bits per heavy atom. The van der Waals surface area contributed by atoms with E-state index in [-0.39, 0.29) is 11.7 Å². The van der Waals surface area contributed by atoms with Crippen molar-refractivity contribution in [2.75, 3.05) is 5.32 Å². The first-order valence-corrected chi connectivity index (χ1v) is 8.06. The molecule has 1 amide bonds. The summed E-state index contributed by atoms with van der Waals surface area (Å²) in [6, 6.07) is 14.1. The van der Waals surface area contributed by atoms with Crippen molar-refractivity contribution in [2.45, 2.75) is 13.8 Å². The summed E-state index contributed by atoms with van der Waals surface area (Å²) >= 11 is 6.02. The summed E-state index contributed by atoms with van der Waals surface area (Å²) in [5.74, 6) is -0.340. The quantitative estimate of drug-likeness (QED) is 0.711. The number of carbonyl (C=O) groups is 2. The number of nitrogens with zero attached hydrogens (tertiary/aromatic N) is 2. The number of hydrogen-bond donors (Lipinski definition) is 1. The first-order chi connectivity index (χ1) is 12.0. The zero-order valence-corrected chi connectivity index (χ0v) is 14.5. The number of carbonyl (C=O) groups excluding carboxylic acids is 2. The monoisotopic (exact) mass is 353 g/mol. The lowest BCUT2D eigenvalue weighted by Gasteiger charge is -2.07. The molecule has 0 saturated carbocycles. The molecule has 25 heavy (non-hydrogen) atoms. The Balaban J connectivity index is 1.86. The van der Waals surface area contributed by atoms with Gasteiger partial charge in [0.25, 0.3) is 5.91 Å². The lowest BCUT2D eigenvalue weighted by atomic mass is 10.1. The number of aromatic nitrogens is 2. The van der Waals surface area contributed by atoms with Crippen molar-refractivity contribution in [3.63, 3.8) is 0 Å². The minimum atomic E-state index is -0.286. The van der Waals surface area contributed by atoms with E-state index in [0.717, 1.165) is 5.69 Å². The number of rotatable bonds is 4. The Labute approximate surface area is 150 Å². The maximum atomic E-state index is 12.6. The summed E-state index contributed by atoms with van der Waals surface area (Å²) in [4.78, 5) is 24.0. The van der Waals surface area contributed by atoms with Crippen LogP contribution in [-0.4, -0.2) is 21.5 Å². The minimum absolute atomic E-state index is 0.0546. The number of hydrogen-bond acceptors (Lipinski definition) is 3. The van der Waals surface area contributed by atoms with E-state index < -0.39 is 0 Å². The summed E-state index contributed by atoms with van der Waals surface area (Å²) in [5, 5.41) is 7.68. The molecular formula is C19H16ClN3O2. The molecule has 0 saturated heterocycles. The molecule has 3 aromatic rings. The SMILES string of the molecule is CC(=O)c1cccc(NC(=O)c2cnn(-c3cccc(Cl)c3)c2C)c1. The lowest BCUT2D eigenvalue weighted by Crippen LogP contribution is -2.13. The van der Waals surface area contributed by atoms with Crippen molar-refractivity contribution in [2.24, 2.45) is 0 Å². The number of Topliss-reactive ketones (excluding diaryl/α,β-unsaturated/α-hetero) is 1. The molecule has 1 aromatic heterocycles. The Kier molecular flexibility index (Phi) is 4.67. The van der Waals surface area contributed by atoms with E-state index in [9.17, 15) is 9.59 Å². The van der Waals surface area contributed by atoms with Crippen LogP contribution in [0.25, 0.3) is 5.69 Å². The number of nitrogens with one attached hydrogen (secondary N) is 1. The largest absolute Gasteiger partial charge is 0.322 e. The van der Waals surface area contributed by atoms with Gasteiger partial charge in [0.2, 0.25) is 0 Å². The van der Waals surface area contributed by atoms with E-state index >= 15 is 0 Å². The number of anilines is 1. The van der Waals surface area contributed by atoms with Crippen molar-refractivity contribution in [3.8, 4) is 5.69 Å². The van der Waals surface area contributed by atoms with Crippen molar-refractivity contribution in [1.82, 2.24) is 9.78 Å². The zero-order chi connectivity index (χ0) is 18.0. The van der Waals surface area contributed by atoms with Gasteiger partial charge in [-0.3, -0.25) is 9.59 Å². The third-order valence-electron chi connectivity index (χ3n) is 3.83. The van der Waals surface area contributed by atoms with Crippen LogP contribution in [0, 0.1) is 6.92 Å². The third-order valence-corrected chi connectivity index (χ3v) is 4.07. The first-order valence-electron chi connectivity index (χ1n) is 7.68. The fourth-order valence-electron chi connectivity index (χ4n) is 2.52. The predicted molar refractivity (Wildman–Crippen MR) is 97.7 cm³/mol. The van der Waals surface area contributed by atoms with Crippen molar-refractivity contribution >= 4 is 29.0 Å². The molecule has 0 atom stereocenters. The average molecular weight is 354 g/mol. The maximum Gasteiger partial charge on any atom is 0.259 e. The highest BCUT2D eigenvalue weighted by Gasteiger charge is 2.16. The van der Waals surface area contributed by atoms with Gasteiger partial charge in [-0.25, -0.2) is 4.68 Å². The minimum Gasteiger partial charge on any atom is -0.322 e. The summed E-state index contributed by atoms with van der Waals surface area (Å²) in [7, 11) is 0. The van der Waals surface area contributed by atoms with Gasteiger partial charge in [0, 0.05) is 16.3 Å². The molecule has 0 aliphatic heterocycles. The number of halogens is 1. The highest BCUT2D eigenvalue weighted by atomic mass is 35.5. The van der Waals surface area contributed by atoms with E-state index in [1.807, 2.05) is 19.1 Å². The van der Waals surface area contributed by atoms with Gasteiger partial charge in [-0.2, -0.15) is 5.10 Å². The van der Waals surface area contributed by atoms with Crippen LogP contribution in [0.2, 0.25) is 5.02 Å². The number of ketones is 1. The fourth-order valence-corrected chi connectivity index (χ4v) is 2.70. The Morgan fingerprint density at radius 1 is 1.12 bits per heavy atom. The van der Waals surface area contributed by atoms with Gasteiger partial charge in [0.05, 0.1) is 23.1 Å². The molecule has 1 N–H and O–H groups in total. The molecule has 2 aromatic carbocycles. The van der Waals surface area contributed by atoms with Crippen LogP contribution in [0.15, 0.2) is 54.7 Å². The Hall–Kier alpha value is -2.92. The Morgan fingerprint density at radius 3 is 2.60 bits per heavy atom. The molecule has 0 aliphatic rings. The fraction of sp³-hybridized carbons (Fsp3) is 0.105. The number of benzene rings is 2. The highest BCUT2D eigenvalue weighted by Crippen LogP contribution is 2.19. The van der Waals surface area contributed by atoms with Crippen molar-refractivity contribution in [3.05, 3.63) is 76.6 Å². The summed E-state index contributed by atoms with van der Waals surface area (Å²) in [6.07, 6.45) is 1.51. The molecule has 0 aliphatic carbocycles. The van der Waals surface area contributed by atoms with Gasteiger partial charge in [-0.05, 0) is 44.2 Å². The van der Waals surface area contributed by atoms with Gasteiger partial charge < -0.3 is 5.32 Å². The highest BCUT2D eigenvalue weighted by molar-refractivity contribution is 6.30. The molecule has 0 fully saturated rings. The van der Waals surface area contributed by atoms with Crippen LogP contribution in [0.1, 0.15) is 33.3 Å². The van der Waals surface area contributed by atoms with Gasteiger partial charge in [-0.15, -0.1) is 0 Å². The van der Waals surface area contributed by atoms with Gasteiger partial charge in [-0.1, -0.05) is 29.8 Å². The zero-order valence-electron chi connectivity index (χ0n) is 13.8. The second-order valence-electron chi connectivity index (χ2n) is 5.63. The molecule has 0 bridgehead atoms. The Bertz CT molecular complexity index is 963. The molecular weight excluding hydrogens is 338 g/mol. The van der Waals surface area contributed by atoms with E-state index in [0.29, 0.717) is 27.5 Å². The van der Waals surface area contributed by atoms with Gasteiger partial charge in [0.15, 0.2) is 5.78 Å². The summed E-state index contributed by atoms with van der Waals surface area (Å²) in [5.41, 5.74) is 3.04. The second kappa shape index (κ2) is 6.91. The predicted octanol–water partition coefficient (Wildman–Crippen LogP) is 4.29. The van der Waals surface area contributed by atoms with E-state index in [4.69, 9.17) is 11.6 Å². The van der Waals surface area contributed by atoms with E-state index in [1.165, 1.54) is 13.1 Å². The van der Waals surface area contributed by atoms with Crippen LogP contribution in [-0.2, 0) is 0 Å². The van der Waals surface area contributed by atoms with Crippen LogP contribution in [0.5, 0.6) is 0 Å². The van der Waals surface area contributed by atoms with Gasteiger partial charge in [0.1, 0.15) is 0 Å². The molecule has 0 radical (unpaired) electrons. The molecule has 126 valence electrons. The molecule has 1 heterocycles. The van der Waals surface area contributed by atoms with Crippen molar-refractivity contribution in [1.29, 1.82) is 0 Å².